The molecule has 162 valence electrons. The minimum atomic E-state index is -0.373. The third kappa shape index (κ3) is 4.41. The SMILES string of the molecule is O=C1C[C@H](C(=O)N(C[C@@H]2CNC[C@@H]2Cc2ccccc2Br)C2CC2)c2ccccc2N1. The molecule has 5 nitrogen and oxygen atoms in total. The topological polar surface area (TPSA) is 61.4 Å². The Morgan fingerprint density at radius 2 is 1.77 bits per heavy atom. The predicted octanol–water partition coefficient (Wildman–Crippen LogP) is 3.94. The van der Waals surface area contributed by atoms with Gasteiger partial charge in [0.25, 0.3) is 0 Å². The first-order valence-corrected chi connectivity index (χ1v) is 12.0. The van der Waals surface area contributed by atoms with Crippen molar-refractivity contribution in [1.29, 1.82) is 0 Å². The van der Waals surface area contributed by atoms with Gasteiger partial charge in [0.15, 0.2) is 0 Å². The minimum Gasteiger partial charge on any atom is -0.339 e. The van der Waals surface area contributed by atoms with Gasteiger partial charge in [-0.25, -0.2) is 0 Å². The van der Waals surface area contributed by atoms with Crippen LogP contribution in [-0.4, -0.2) is 42.4 Å². The molecule has 3 atom stereocenters. The molecule has 2 aromatic carbocycles. The number of carbonyl (C=O) groups excluding carboxylic acids is 2. The Morgan fingerprint density at radius 3 is 2.58 bits per heavy atom. The molecule has 1 saturated heterocycles. The lowest BCUT2D eigenvalue weighted by atomic mass is 9.87. The van der Waals surface area contributed by atoms with Crippen molar-refractivity contribution in [2.75, 3.05) is 25.0 Å². The fourth-order valence-corrected chi connectivity index (χ4v) is 5.52. The van der Waals surface area contributed by atoms with Crippen LogP contribution in [0.1, 0.15) is 36.3 Å². The third-order valence-electron chi connectivity index (χ3n) is 6.92. The van der Waals surface area contributed by atoms with E-state index in [1.165, 1.54) is 5.56 Å². The molecule has 2 aromatic rings. The van der Waals surface area contributed by atoms with Gasteiger partial charge in [0, 0.05) is 29.2 Å². The number of nitrogens with zero attached hydrogens (tertiary/aromatic N) is 1. The largest absolute Gasteiger partial charge is 0.339 e. The Bertz CT molecular complexity index is 990. The van der Waals surface area contributed by atoms with E-state index in [0.29, 0.717) is 17.9 Å². The highest BCUT2D eigenvalue weighted by Gasteiger charge is 2.41. The lowest BCUT2D eigenvalue weighted by molar-refractivity contribution is -0.136. The zero-order chi connectivity index (χ0) is 21.4. The van der Waals surface area contributed by atoms with E-state index in [-0.39, 0.29) is 24.2 Å². The predicted molar refractivity (Wildman–Crippen MR) is 125 cm³/mol. The molecule has 5 rings (SSSR count). The van der Waals surface area contributed by atoms with Crippen LogP contribution < -0.4 is 10.6 Å². The Morgan fingerprint density at radius 1 is 1.03 bits per heavy atom. The quantitative estimate of drug-likeness (QED) is 0.656. The average molecular weight is 482 g/mol. The van der Waals surface area contributed by atoms with E-state index >= 15 is 0 Å². The smallest absolute Gasteiger partial charge is 0.230 e. The van der Waals surface area contributed by atoms with Crippen molar-refractivity contribution in [2.24, 2.45) is 11.8 Å². The summed E-state index contributed by atoms with van der Waals surface area (Å²) >= 11 is 3.68. The molecule has 0 aromatic heterocycles. The maximum absolute atomic E-state index is 13.7. The number of halogens is 1. The number of para-hydroxylation sites is 1. The van der Waals surface area contributed by atoms with Crippen LogP contribution in [0.4, 0.5) is 5.69 Å². The molecule has 2 amide bonds. The Kier molecular flexibility index (Phi) is 5.85. The third-order valence-corrected chi connectivity index (χ3v) is 7.69. The van der Waals surface area contributed by atoms with Gasteiger partial charge in [0.05, 0.1) is 5.92 Å². The molecule has 3 aliphatic rings. The molecule has 2 N–H and O–H groups in total. The van der Waals surface area contributed by atoms with Gasteiger partial charge in [0.2, 0.25) is 11.8 Å². The highest BCUT2D eigenvalue weighted by Crippen LogP contribution is 2.38. The van der Waals surface area contributed by atoms with Crippen molar-refractivity contribution < 1.29 is 9.59 Å². The second-order valence-electron chi connectivity index (χ2n) is 9.09. The Labute approximate surface area is 191 Å². The standard InChI is InChI=1S/C25H28BrN3O2/c26-22-7-3-1-5-16(22)11-17-13-27-14-18(17)15-29(19-9-10-19)25(31)21-12-24(30)28-23-8-4-2-6-20(21)23/h1-8,17-19,21,27H,9-15H2,(H,28,30)/t17-,18-,21-/m0/s1. The number of carbonyl (C=O) groups is 2. The van der Waals surface area contributed by atoms with Crippen molar-refractivity contribution in [2.45, 2.75) is 37.6 Å². The fraction of sp³-hybridized carbons (Fsp3) is 0.440. The fourth-order valence-electron chi connectivity index (χ4n) is 5.08. The zero-order valence-corrected chi connectivity index (χ0v) is 19.1. The number of nitrogens with one attached hydrogen (secondary N) is 2. The van der Waals surface area contributed by atoms with Gasteiger partial charge >= 0.3 is 0 Å². The summed E-state index contributed by atoms with van der Waals surface area (Å²) < 4.78 is 1.15. The van der Waals surface area contributed by atoms with Crippen molar-refractivity contribution >= 4 is 33.4 Å². The molecule has 2 heterocycles. The summed E-state index contributed by atoms with van der Waals surface area (Å²) in [6, 6.07) is 16.5. The van der Waals surface area contributed by atoms with Crippen LogP contribution in [0.3, 0.4) is 0 Å². The van der Waals surface area contributed by atoms with Gasteiger partial charge in [-0.3, -0.25) is 9.59 Å². The molecule has 0 unspecified atom stereocenters. The molecule has 0 radical (unpaired) electrons. The summed E-state index contributed by atoms with van der Waals surface area (Å²) in [5.41, 5.74) is 3.05. The molecule has 2 fully saturated rings. The average Bonchev–Trinajstić information content (AvgIpc) is 3.52. The maximum atomic E-state index is 13.7. The highest BCUT2D eigenvalue weighted by molar-refractivity contribution is 9.10. The maximum Gasteiger partial charge on any atom is 0.230 e. The van der Waals surface area contributed by atoms with E-state index < -0.39 is 0 Å². The van der Waals surface area contributed by atoms with Gasteiger partial charge in [0.1, 0.15) is 0 Å². The van der Waals surface area contributed by atoms with E-state index in [4.69, 9.17) is 0 Å². The van der Waals surface area contributed by atoms with E-state index in [9.17, 15) is 9.59 Å². The van der Waals surface area contributed by atoms with E-state index in [2.05, 4.69) is 49.7 Å². The van der Waals surface area contributed by atoms with Crippen LogP contribution in [-0.2, 0) is 16.0 Å². The Hall–Kier alpha value is -2.18. The van der Waals surface area contributed by atoms with Crippen LogP contribution in [0.15, 0.2) is 53.0 Å². The summed E-state index contributed by atoms with van der Waals surface area (Å²) in [7, 11) is 0. The zero-order valence-electron chi connectivity index (χ0n) is 17.5. The first-order chi connectivity index (χ1) is 15.1. The first kappa shape index (κ1) is 20.7. The summed E-state index contributed by atoms with van der Waals surface area (Å²) in [5, 5.41) is 6.47. The first-order valence-electron chi connectivity index (χ1n) is 11.2. The lowest BCUT2D eigenvalue weighted by Gasteiger charge is -2.33. The normalized spacial score (nSPS) is 25.1. The van der Waals surface area contributed by atoms with Crippen molar-refractivity contribution in [3.63, 3.8) is 0 Å². The molecular formula is C25H28BrN3O2. The number of amides is 2. The summed E-state index contributed by atoms with van der Waals surface area (Å²) in [4.78, 5) is 28.1. The van der Waals surface area contributed by atoms with E-state index in [1.807, 2.05) is 30.3 Å². The molecular weight excluding hydrogens is 454 g/mol. The molecule has 1 aliphatic carbocycles. The van der Waals surface area contributed by atoms with Crippen LogP contribution in [0, 0.1) is 11.8 Å². The number of hydrogen-bond acceptors (Lipinski definition) is 3. The van der Waals surface area contributed by atoms with Gasteiger partial charge in [-0.2, -0.15) is 0 Å². The number of benzene rings is 2. The lowest BCUT2D eigenvalue weighted by Crippen LogP contribution is -2.43. The summed E-state index contributed by atoms with van der Waals surface area (Å²) in [6.45, 7) is 2.69. The van der Waals surface area contributed by atoms with Gasteiger partial charge in [-0.15, -0.1) is 0 Å². The molecule has 31 heavy (non-hydrogen) atoms. The number of hydrogen-bond donors (Lipinski definition) is 2. The summed E-state index contributed by atoms with van der Waals surface area (Å²) in [5.74, 6) is 0.596. The van der Waals surface area contributed by atoms with Gasteiger partial charge < -0.3 is 15.5 Å². The number of rotatable bonds is 6. The van der Waals surface area contributed by atoms with E-state index in [0.717, 1.165) is 54.6 Å². The number of anilines is 1. The minimum absolute atomic E-state index is 0.0675. The van der Waals surface area contributed by atoms with Crippen LogP contribution in [0.5, 0.6) is 0 Å². The van der Waals surface area contributed by atoms with Gasteiger partial charge in [-0.05, 0) is 67.4 Å². The molecule has 1 saturated carbocycles. The molecule has 6 heteroatoms. The van der Waals surface area contributed by atoms with Crippen molar-refractivity contribution in [1.82, 2.24) is 10.2 Å². The molecule has 2 aliphatic heterocycles. The van der Waals surface area contributed by atoms with Crippen LogP contribution in [0.2, 0.25) is 0 Å². The van der Waals surface area contributed by atoms with Crippen molar-refractivity contribution in [3.05, 3.63) is 64.1 Å². The highest BCUT2D eigenvalue weighted by atomic mass is 79.9. The molecule has 0 bridgehead atoms. The van der Waals surface area contributed by atoms with Gasteiger partial charge in [-0.1, -0.05) is 52.3 Å². The second kappa shape index (κ2) is 8.75. The molecule has 0 spiro atoms. The summed E-state index contributed by atoms with van der Waals surface area (Å²) in [6.07, 6.45) is 3.38. The second-order valence-corrected chi connectivity index (χ2v) is 9.94. The van der Waals surface area contributed by atoms with Crippen molar-refractivity contribution in [3.8, 4) is 0 Å². The Balaban J connectivity index is 1.34. The van der Waals surface area contributed by atoms with E-state index in [1.54, 1.807) is 0 Å². The van der Waals surface area contributed by atoms with Crippen LogP contribution in [0.25, 0.3) is 0 Å². The number of fused-ring (bicyclic) bond motifs is 1. The monoisotopic (exact) mass is 481 g/mol. The van der Waals surface area contributed by atoms with Crippen LogP contribution >= 0.6 is 15.9 Å².